The molecule has 3 rings (SSSR count). The van der Waals surface area contributed by atoms with E-state index in [4.69, 9.17) is 0 Å². The summed E-state index contributed by atoms with van der Waals surface area (Å²) in [6.07, 6.45) is 1.57. The molecule has 0 fully saturated rings. The van der Waals surface area contributed by atoms with Gasteiger partial charge in [-0.15, -0.1) is 0 Å². The number of fused-ring (bicyclic) bond motifs is 1. The Morgan fingerprint density at radius 2 is 1.90 bits per heavy atom. The predicted molar refractivity (Wildman–Crippen MR) is 77.6 cm³/mol. The first-order valence-corrected chi connectivity index (χ1v) is 6.45. The molecule has 100 valence electrons. The van der Waals surface area contributed by atoms with E-state index < -0.39 is 0 Å². The van der Waals surface area contributed by atoms with E-state index in [0.29, 0.717) is 22.0 Å². The average molecular weight is 267 g/mol. The molecule has 0 saturated carbocycles. The van der Waals surface area contributed by atoms with Crippen LogP contribution in [-0.2, 0) is 0 Å². The Morgan fingerprint density at radius 3 is 2.65 bits per heavy atom. The number of halogens is 1. The minimum atomic E-state index is -0.379. The number of nitrogens with one attached hydrogen (secondary N) is 1. The molecule has 0 atom stereocenters. The lowest BCUT2D eigenvalue weighted by atomic mass is 9.99. The molecule has 0 bridgehead atoms. The number of hydrogen-bond donors (Lipinski definition) is 1. The first-order valence-electron chi connectivity index (χ1n) is 6.45. The number of hydrogen-bond acceptors (Lipinski definition) is 1. The quantitative estimate of drug-likeness (QED) is 0.695. The van der Waals surface area contributed by atoms with Crippen LogP contribution in [0.15, 0.2) is 42.6 Å². The lowest BCUT2D eigenvalue weighted by molar-refractivity contribution is 0.104. The van der Waals surface area contributed by atoms with Crippen molar-refractivity contribution in [1.82, 2.24) is 4.98 Å². The van der Waals surface area contributed by atoms with Gasteiger partial charge in [0.2, 0.25) is 0 Å². The number of benzene rings is 2. The Morgan fingerprint density at radius 1 is 1.10 bits per heavy atom. The molecule has 0 spiro atoms. The number of carbonyl (C=O) groups excluding carboxylic acids is 1. The number of H-pyrrole nitrogens is 1. The molecular weight excluding hydrogens is 253 g/mol. The molecule has 0 aliphatic rings. The minimum Gasteiger partial charge on any atom is -0.360 e. The molecule has 3 aromatic rings. The third-order valence-corrected chi connectivity index (χ3v) is 3.67. The summed E-state index contributed by atoms with van der Waals surface area (Å²) in [6.45, 7) is 3.96. The summed E-state index contributed by atoms with van der Waals surface area (Å²) >= 11 is 0. The fourth-order valence-electron chi connectivity index (χ4n) is 2.36. The van der Waals surface area contributed by atoms with Crippen LogP contribution in [0.2, 0.25) is 0 Å². The predicted octanol–water partition coefficient (Wildman–Crippen LogP) is 4.15. The molecular formula is C17H14FNO. The van der Waals surface area contributed by atoms with Crippen LogP contribution in [0, 0.1) is 19.7 Å². The zero-order valence-electron chi connectivity index (χ0n) is 11.3. The highest BCUT2D eigenvalue weighted by Crippen LogP contribution is 2.24. The molecule has 1 aromatic heterocycles. The van der Waals surface area contributed by atoms with Crippen LogP contribution >= 0.6 is 0 Å². The van der Waals surface area contributed by atoms with Crippen LogP contribution in [0.1, 0.15) is 27.0 Å². The van der Waals surface area contributed by atoms with E-state index in [-0.39, 0.29) is 11.6 Å². The number of carbonyl (C=O) groups is 1. The summed E-state index contributed by atoms with van der Waals surface area (Å²) in [5.74, 6) is -0.541. The second-order valence-electron chi connectivity index (χ2n) is 4.99. The smallest absolute Gasteiger partial charge is 0.195 e. The summed E-state index contributed by atoms with van der Waals surface area (Å²) in [5, 5.41) is 0.357. The van der Waals surface area contributed by atoms with Gasteiger partial charge in [-0.2, -0.15) is 0 Å². The Kier molecular flexibility index (Phi) is 2.90. The van der Waals surface area contributed by atoms with Gasteiger partial charge in [0.05, 0.1) is 5.56 Å². The monoisotopic (exact) mass is 267 g/mol. The van der Waals surface area contributed by atoms with E-state index >= 15 is 0 Å². The van der Waals surface area contributed by atoms with Crippen molar-refractivity contribution in [2.75, 3.05) is 0 Å². The van der Waals surface area contributed by atoms with Crippen LogP contribution in [0.4, 0.5) is 4.39 Å². The molecule has 2 nitrogen and oxygen atoms in total. The number of aryl methyl sites for hydroxylation is 2. The third kappa shape index (κ3) is 1.92. The summed E-state index contributed by atoms with van der Waals surface area (Å²) in [5.41, 5.74) is 3.78. The van der Waals surface area contributed by atoms with Gasteiger partial charge >= 0.3 is 0 Å². The van der Waals surface area contributed by atoms with Crippen LogP contribution in [-0.4, -0.2) is 10.8 Å². The van der Waals surface area contributed by atoms with Gasteiger partial charge in [0, 0.05) is 22.7 Å². The summed E-state index contributed by atoms with van der Waals surface area (Å²) < 4.78 is 13.9. The maximum Gasteiger partial charge on any atom is 0.195 e. The zero-order chi connectivity index (χ0) is 14.3. The molecule has 0 aliphatic carbocycles. The third-order valence-electron chi connectivity index (χ3n) is 3.67. The normalized spacial score (nSPS) is 10.9. The Balaban J connectivity index is 2.15. The van der Waals surface area contributed by atoms with E-state index in [2.05, 4.69) is 4.98 Å². The van der Waals surface area contributed by atoms with E-state index in [1.807, 2.05) is 26.0 Å². The lowest BCUT2D eigenvalue weighted by Gasteiger charge is -2.04. The van der Waals surface area contributed by atoms with E-state index in [0.717, 1.165) is 11.1 Å². The number of rotatable bonds is 2. The molecule has 0 saturated heterocycles. The largest absolute Gasteiger partial charge is 0.360 e. The van der Waals surface area contributed by atoms with Crippen LogP contribution in [0.3, 0.4) is 0 Å². The number of aromatic nitrogens is 1. The molecule has 0 aliphatic heterocycles. The first-order chi connectivity index (χ1) is 9.58. The standard InChI is InChI=1S/C17H14FNO/c1-10-6-7-12(8-11(10)2)17(20)13-9-19-15-5-3-4-14(18)16(13)15/h3-9,19H,1-2H3. The van der Waals surface area contributed by atoms with Gasteiger partial charge in [-0.3, -0.25) is 4.79 Å². The van der Waals surface area contributed by atoms with Crippen LogP contribution in [0.25, 0.3) is 10.9 Å². The van der Waals surface area contributed by atoms with Gasteiger partial charge in [0.25, 0.3) is 0 Å². The lowest BCUT2D eigenvalue weighted by Crippen LogP contribution is -2.02. The minimum absolute atomic E-state index is 0.163. The Bertz CT molecular complexity index is 817. The van der Waals surface area contributed by atoms with Crippen LogP contribution < -0.4 is 0 Å². The van der Waals surface area contributed by atoms with Crippen molar-refractivity contribution in [3.63, 3.8) is 0 Å². The van der Waals surface area contributed by atoms with E-state index in [1.165, 1.54) is 6.07 Å². The fourth-order valence-corrected chi connectivity index (χ4v) is 2.36. The van der Waals surface area contributed by atoms with Crippen molar-refractivity contribution < 1.29 is 9.18 Å². The fraction of sp³-hybridized carbons (Fsp3) is 0.118. The molecule has 1 heterocycles. The number of aromatic amines is 1. The highest BCUT2D eigenvalue weighted by Gasteiger charge is 2.17. The van der Waals surface area contributed by atoms with Crippen molar-refractivity contribution in [3.8, 4) is 0 Å². The van der Waals surface area contributed by atoms with Gasteiger partial charge in [0.15, 0.2) is 5.78 Å². The maximum absolute atomic E-state index is 13.9. The average Bonchev–Trinajstić information content (AvgIpc) is 2.86. The summed E-state index contributed by atoms with van der Waals surface area (Å²) in [7, 11) is 0. The Labute approximate surface area is 116 Å². The van der Waals surface area contributed by atoms with Crippen molar-refractivity contribution in [2.45, 2.75) is 13.8 Å². The Hall–Kier alpha value is -2.42. The molecule has 20 heavy (non-hydrogen) atoms. The van der Waals surface area contributed by atoms with Crippen molar-refractivity contribution in [1.29, 1.82) is 0 Å². The highest BCUT2D eigenvalue weighted by atomic mass is 19.1. The highest BCUT2D eigenvalue weighted by molar-refractivity contribution is 6.16. The summed E-state index contributed by atoms with van der Waals surface area (Å²) in [6, 6.07) is 10.3. The second kappa shape index (κ2) is 4.60. The summed E-state index contributed by atoms with van der Waals surface area (Å²) in [4.78, 5) is 15.5. The number of ketones is 1. The van der Waals surface area contributed by atoms with Gasteiger partial charge in [-0.25, -0.2) is 4.39 Å². The van der Waals surface area contributed by atoms with E-state index in [9.17, 15) is 9.18 Å². The van der Waals surface area contributed by atoms with E-state index in [1.54, 1.807) is 24.4 Å². The van der Waals surface area contributed by atoms with Gasteiger partial charge in [-0.05, 0) is 43.2 Å². The molecule has 0 amide bonds. The van der Waals surface area contributed by atoms with Crippen LogP contribution in [0.5, 0.6) is 0 Å². The topological polar surface area (TPSA) is 32.9 Å². The molecule has 2 aromatic carbocycles. The van der Waals surface area contributed by atoms with Crippen molar-refractivity contribution in [3.05, 3.63) is 70.7 Å². The first kappa shape index (κ1) is 12.6. The molecule has 1 N–H and O–H groups in total. The molecule has 0 unspecified atom stereocenters. The second-order valence-corrected chi connectivity index (χ2v) is 4.99. The molecule has 3 heteroatoms. The van der Waals surface area contributed by atoms with Gasteiger partial charge in [-0.1, -0.05) is 18.2 Å². The van der Waals surface area contributed by atoms with Crippen molar-refractivity contribution in [2.24, 2.45) is 0 Å². The van der Waals surface area contributed by atoms with Gasteiger partial charge in [0.1, 0.15) is 5.82 Å². The maximum atomic E-state index is 13.9. The SMILES string of the molecule is Cc1ccc(C(=O)c2c[nH]c3cccc(F)c23)cc1C. The van der Waals surface area contributed by atoms with Crippen molar-refractivity contribution >= 4 is 16.7 Å². The zero-order valence-corrected chi connectivity index (χ0v) is 11.3. The molecule has 0 radical (unpaired) electrons. The van der Waals surface area contributed by atoms with Gasteiger partial charge < -0.3 is 4.98 Å².